The van der Waals surface area contributed by atoms with Crippen LogP contribution in [0.25, 0.3) is 11.3 Å². The molecule has 2 atom stereocenters. The Morgan fingerprint density at radius 1 is 0.839 bits per heavy atom. The van der Waals surface area contributed by atoms with Crippen LogP contribution in [-0.4, -0.2) is 5.97 Å². The first-order chi connectivity index (χ1) is 15.2. The lowest BCUT2D eigenvalue weighted by atomic mass is 9.83. The third kappa shape index (κ3) is 4.54. The summed E-state index contributed by atoms with van der Waals surface area (Å²) in [5.74, 6) is 0.872. The normalized spacial score (nSPS) is 19.6. The Labute approximate surface area is 184 Å². The Morgan fingerprint density at radius 2 is 1.42 bits per heavy atom. The van der Waals surface area contributed by atoms with Gasteiger partial charge in [0.25, 0.3) is 0 Å². The zero-order valence-corrected chi connectivity index (χ0v) is 18.1. The van der Waals surface area contributed by atoms with E-state index in [4.69, 9.17) is 4.74 Å². The van der Waals surface area contributed by atoms with Gasteiger partial charge in [-0.05, 0) is 29.0 Å². The maximum atomic E-state index is 12.7. The third-order valence-electron chi connectivity index (χ3n) is 5.75. The van der Waals surface area contributed by atoms with Crippen molar-refractivity contribution in [3.05, 3.63) is 119 Å². The van der Waals surface area contributed by atoms with Crippen LogP contribution in [0.4, 0.5) is 0 Å². The molecule has 0 aliphatic heterocycles. The number of carbonyl (C=O) groups is 1. The summed E-state index contributed by atoms with van der Waals surface area (Å²) in [6, 6.07) is 30.9. The van der Waals surface area contributed by atoms with Gasteiger partial charge in [0, 0.05) is 23.5 Å². The molecule has 0 heterocycles. The first-order valence-electron chi connectivity index (χ1n) is 11.0. The molecule has 0 spiro atoms. The van der Waals surface area contributed by atoms with Gasteiger partial charge in [0.2, 0.25) is 0 Å². The number of benzene rings is 3. The molecular formula is C29H28O2. The van der Waals surface area contributed by atoms with Crippen molar-refractivity contribution >= 4 is 17.3 Å². The largest absolute Gasteiger partial charge is 0.426 e. The Bertz CT molecular complexity index is 1080. The van der Waals surface area contributed by atoms with Gasteiger partial charge in [-0.25, -0.2) is 0 Å². The summed E-state index contributed by atoms with van der Waals surface area (Å²) >= 11 is 0. The predicted octanol–water partition coefficient (Wildman–Crippen LogP) is 7.26. The molecule has 0 N–H and O–H groups in total. The van der Waals surface area contributed by atoms with Gasteiger partial charge < -0.3 is 4.74 Å². The number of carbonyl (C=O) groups excluding carboxylic acids is 1. The molecule has 2 heteroatoms. The van der Waals surface area contributed by atoms with Gasteiger partial charge >= 0.3 is 5.97 Å². The highest BCUT2D eigenvalue weighted by atomic mass is 16.5. The standard InChI is InChI=1S/C29H28O2/c1-3-13-26(30)31-29(24-18-11-6-12-19-24)28-25(22-14-7-4-8-15-22)20-21(2)27(28)23-16-9-5-10-17-23/h4-12,14-21,27H,3,13H2,1-2H3/b29-28-/t21-,27-/m1/s1. The van der Waals surface area contributed by atoms with Crippen LogP contribution in [-0.2, 0) is 9.53 Å². The molecule has 3 aromatic carbocycles. The summed E-state index contributed by atoms with van der Waals surface area (Å²) < 4.78 is 6.11. The smallest absolute Gasteiger partial charge is 0.311 e. The molecule has 0 unspecified atom stereocenters. The van der Waals surface area contributed by atoms with Crippen LogP contribution in [0, 0.1) is 5.92 Å². The van der Waals surface area contributed by atoms with E-state index in [2.05, 4.69) is 61.5 Å². The molecule has 3 aromatic rings. The molecule has 0 fully saturated rings. The second kappa shape index (κ2) is 9.61. The molecule has 1 aliphatic rings. The monoisotopic (exact) mass is 408 g/mol. The van der Waals surface area contributed by atoms with Crippen LogP contribution in [0.5, 0.6) is 0 Å². The van der Waals surface area contributed by atoms with Crippen molar-refractivity contribution in [3.8, 4) is 0 Å². The fraction of sp³-hybridized carbons (Fsp3) is 0.207. The van der Waals surface area contributed by atoms with Crippen molar-refractivity contribution in [2.24, 2.45) is 5.92 Å². The Hall–Kier alpha value is -3.39. The molecule has 0 bridgehead atoms. The topological polar surface area (TPSA) is 26.3 Å². The van der Waals surface area contributed by atoms with Crippen LogP contribution in [0.2, 0.25) is 0 Å². The summed E-state index contributed by atoms with van der Waals surface area (Å²) in [6.45, 7) is 4.24. The minimum absolute atomic E-state index is 0.112. The summed E-state index contributed by atoms with van der Waals surface area (Å²) in [6.07, 6.45) is 3.48. The molecule has 0 aromatic heterocycles. The highest BCUT2D eigenvalue weighted by Gasteiger charge is 2.35. The van der Waals surface area contributed by atoms with E-state index < -0.39 is 0 Å². The molecule has 2 nitrogen and oxygen atoms in total. The van der Waals surface area contributed by atoms with E-state index in [-0.39, 0.29) is 17.8 Å². The summed E-state index contributed by atoms with van der Waals surface area (Å²) in [4.78, 5) is 12.7. The molecule has 1 aliphatic carbocycles. The van der Waals surface area contributed by atoms with E-state index in [1.165, 1.54) is 5.56 Å². The molecule has 0 amide bonds. The number of esters is 1. The fourth-order valence-electron chi connectivity index (χ4n) is 4.37. The van der Waals surface area contributed by atoms with Crippen molar-refractivity contribution in [3.63, 3.8) is 0 Å². The lowest BCUT2D eigenvalue weighted by Gasteiger charge is -2.23. The average Bonchev–Trinajstić information content (AvgIpc) is 3.16. The molecule has 4 rings (SSSR count). The van der Waals surface area contributed by atoms with Crippen molar-refractivity contribution < 1.29 is 9.53 Å². The number of allylic oxidation sites excluding steroid dienone is 3. The minimum atomic E-state index is -0.187. The van der Waals surface area contributed by atoms with Gasteiger partial charge in [-0.1, -0.05) is 111 Å². The fourth-order valence-corrected chi connectivity index (χ4v) is 4.37. The van der Waals surface area contributed by atoms with Crippen LogP contribution < -0.4 is 0 Å². The van der Waals surface area contributed by atoms with Gasteiger partial charge in [-0.3, -0.25) is 4.79 Å². The molecule has 0 saturated heterocycles. The van der Waals surface area contributed by atoms with Gasteiger partial charge in [0.15, 0.2) is 0 Å². The average molecular weight is 409 g/mol. The maximum Gasteiger partial charge on any atom is 0.311 e. The zero-order valence-electron chi connectivity index (χ0n) is 18.1. The van der Waals surface area contributed by atoms with Gasteiger partial charge in [0.1, 0.15) is 5.76 Å². The minimum Gasteiger partial charge on any atom is -0.426 e. The molecule has 0 saturated carbocycles. The Balaban J connectivity index is 1.95. The highest BCUT2D eigenvalue weighted by molar-refractivity contribution is 5.94. The van der Waals surface area contributed by atoms with Gasteiger partial charge in [-0.2, -0.15) is 0 Å². The van der Waals surface area contributed by atoms with E-state index >= 15 is 0 Å². The van der Waals surface area contributed by atoms with Crippen molar-refractivity contribution in [2.75, 3.05) is 0 Å². The molecule has 31 heavy (non-hydrogen) atoms. The first-order valence-corrected chi connectivity index (χ1v) is 11.0. The van der Waals surface area contributed by atoms with E-state index in [1.807, 2.05) is 49.4 Å². The predicted molar refractivity (Wildman–Crippen MR) is 127 cm³/mol. The number of rotatable bonds is 6. The number of ether oxygens (including phenoxy) is 1. The number of hydrogen-bond acceptors (Lipinski definition) is 2. The second-order valence-corrected chi connectivity index (χ2v) is 8.03. The van der Waals surface area contributed by atoms with Gasteiger partial charge in [0.05, 0.1) is 0 Å². The van der Waals surface area contributed by atoms with Crippen molar-refractivity contribution in [1.82, 2.24) is 0 Å². The van der Waals surface area contributed by atoms with Crippen LogP contribution in [0.15, 0.2) is 103 Å². The highest BCUT2D eigenvalue weighted by Crippen LogP contribution is 2.50. The SMILES string of the molecule is CCCC(=O)O/C(=C1/C(c2ccccc2)=C[C@@H](C)[C@@H]1c1ccccc1)c1ccccc1. The van der Waals surface area contributed by atoms with E-state index in [1.54, 1.807) is 0 Å². The third-order valence-corrected chi connectivity index (χ3v) is 5.75. The van der Waals surface area contributed by atoms with Crippen molar-refractivity contribution in [2.45, 2.75) is 32.6 Å². The quantitative estimate of drug-likeness (QED) is 0.317. The van der Waals surface area contributed by atoms with E-state index in [0.29, 0.717) is 12.2 Å². The number of hydrogen-bond donors (Lipinski definition) is 0. The second-order valence-electron chi connectivity index (χ2n) is 8.03. The first kappa shape index (κ1) is 20.9. The maximum absolute atomic E-state index is 12.7. The lowest BCUT2D eigenvalue weighted by Crippen LogP contribution is -2.11. The van der Waals surface area contributed by atoms with Crippen LogP contribution in [0.3, 0.4) is 0 Å². The lowest BCUT2D eigenvalue weighted by molar-refractivity contribution is -0.136. The summed E-state index contributed by atoms with van der Waals surface area (Å²) in [5.41, 5.74) is 5.53. The molecule has 156 valence electrons. The van der Waals surface area contributed by atoms with Crippen LogP contribution >= 0.6 is 0 Å². The van der Waals surface area contributed by atoms with Crippen LogP contribution in [0.1, 0.15) is 49.3 Å². The molecular weight excluding hydrogens is 380 g/mol. The van der Waals surface area contributed by atoms with E-state index in [0.717, 1.165) is 28.7 Å². The Morgan fingerprint density at radius 3 is 2.03 bits per heavy atom. The summed E-state index contributed by atoms with van der Waals surface area (Å²) in [7, 11) is 0. The van der Waals surface area contributed by atoms with Gasteiger partial charge in [-0.15, -0.1) is 0 Å². The van der Waals surface area contributed by atoms with E-state index in [9.17, 15) is 4.79 Å². The zero-order chi connectivity index (χ0) is 21.6. The molecule has 0 radical (unpaired) electrons. The summed E-state index contributed by atoms with van der Waals surface area (Å²) in [5, 5.41) is 0. The van der Waals surface area contributed by atoms with Crippen molar-refractivity contribution in [1.29, 1.82) is 0 Å². The Kier molecular flexibility index (Phi) is 6.47.